The third-order valence-corrected chi connectivity index (χ3v) is 4.44. The van der Waals surface area contributed by atoms with Crippen LogP contribution in [0.15, 0.2) is 24.3 Å². The van der Waals surface area contributed by atoms with Crippen molar-refractivity contribution < 1.29 is 8.42 Å². The Balaban J connectivity index is 2.59. The van der Waals surface area contributed by atoms with Gasteiger partial charge in [0.1, 0.15) is 0 Å². The van der Waals surface area contributed by atoms with E-state index in [4.69, 9.17) is 11.6 Å². The summed E-state index contributed by atoms with van der Waals surface area (Å²) in [6, 6.07) is 7.58. The van der Waals surface area contributed by atoms with Gasteiger partial charge in [-0.25, -0.2) is 13.1 Å². The van der Waals surface area contributed by atoms with E-state index >= 15 is 0 Å². The topological polar surface area (TPSA) is 46.2 Å². The summed E-state index contributed by atoms with van der Waals surface area (Å²) in [6.07, 6.45) is 0. The van der Waals surface area contributed by atoms with E-state index in [9.17, 15) is 8.42 Å². The second kappa shape index (κ2) is 6.04. The monoisotopic (exact) mass is 289 g/mol. The van der Waals surface area contributed by atoms with Crippen LogP contribution < -0.4 is 4.72 Å². The van der Waals surface area contributed by atoms with Crippen molar-refractivity contribution in [3.63, 3.8) is 0 Å². The summed E-state index contributed by atoms with van der Waals surface area (Å²) in [4.78, 5) is 0. The first kappa shape index (κ1) is 15.5. The van der Waals surface area contributed by atoms with Gasteiger partial charge in [0, 0.05) is 12.4 Å². The SMILES string of the molecule is CC(C)(C)CS(=O)(=O)NCc1ccc(CCl)cc1. The number of rotatable bonds is 5. The molecule has 1 aromatic rings. The lowest BCUT2D eigenvalue weighted by Crippen LogP contribution is -2.31. The summed E-state index contributed by atoms with van der Waals surface area (Å²) in [7, 11) is -3.23. The van der Waals surface area contributed by atoms with Crippen LogP contribution in [0.2, 0.25) is 0 Å². The molecule has 0 saturated heterocycles. The van der Waals surface area contributed by atoms with Crippen molar-refractivity contribution in [2.24, 2.45) is 5.41 Å². The zero-order chi connectivity index (χ0) is 13.8. The molecule has 5 heteroatoms. The van der Waals surface area contributed by atoms with Gasteiger partial charge in [0.15, 0.2) is 0 Å². The van der Waals surface area contributed by atoms with Crippen molar-refractivity contribution in [2.45, 2.75) is 33.2 Å². The predicted molar refractivity (Wildman–Crippen MR) is 76.1 cm³/mol. The Hall–Kier alpha value is -0.580. The van der Waals surface area contributed by atoms with Gasteiger partial charge in [-0.2, -0.15) is 0 Å². The van der Waals surface area contributed by atoms with E-state index < -0.39 is 10.0 Å². The summed E-state index contributed by atoms with van der Waals surface area (Å²) in [5, 5.41) is 0. The molecule has 0 bridgehead atoms. The highest BCUT2D eigenvalue weighted by Crippen LogP contribution is 2.15. The molecule has 3 nitrogen and oxygen atoms in total. The summed E-state index contributed by atoms with van der Waals surface area (Å²) < 4.78 is 26.2. The molecule has 18 heavy (non-hydrogen) atoms. The number of benzene rings is 1. The van der Waals surface area contributed by atoms with Crippen LogP contribution in [0.4, 0.5) is 0 Å². The molecule has 0 aromatic heterocycles. The summed E-state index contributed by atoms with van der Waals surface area (Å²) >= 11 is 5.69. The highest BCUT2D eigenvalue weighted by molar-refractivity contribution is 7.89. The molecule has 0 aliphatic carbocycles. The molecule has 0 fully saturated rings. The predicted octanol–water partition coefficient (Wildman–Crippen LogP) is 2.89. The molecular formula is C13H20ClNO2S. The molecular weight excluding hydrogens is 270 g/mol. The molecule has 0 unspecified atom stereocenters. The van der Waals surface area contributed by atoms with Gasteiger partial charge in [-0.1, -0.05) is 45.0 Å². The fourth-order valence-corrected chi connectivity index (χ4v) is 3.37. The Morgan fingerprint density at radius 3 is 2.06 bits per heavy atom. The number of nitrogens with one attached hydrogen (secondary N) is 1. The first-order valence-electron chi connectivity index (χ1n) is 5.83. The smallest absolute Gasteiger partial charge is 0.212 e. The zero-order valence-electron chi connectivity index (χ0n) is 11.0. The molecule has 0 radical (unpaired) electrons. The summed E-state index contributed by atoms with van der Waals surface area (Å²) in [5.41, 5.74) is 1.72. The highest BCUT2D eigenvalue weighted by atomic mass is 35.5. The summed E-state index contributed by atoms with van der Waals surface area (Å²) in [5.74, 6) is 0.593. The van der Waals surface area contributed by atoms with Gasteiger partial charge in [0.25, 0.3) is 0 Å². The molecule has 102 valence electrons. The third kappa shape index (κ3) is 5.85. The van der Waals surface area contributed by atoms with E-state index in [1.807, 2.05) is 45.0 Å². The Morgan fingerprint density at radius 1 is 1.11 bits per heavy atom. The fourth-order valence-electron chi connectivity index (χ4n) is 1.56. The van der Waals surface area contributed by atoms with E-state index in [1.165, 1.54) is 0 Å². The molecule has 0 amide bonds. The third-order valence-electron chi connectivity index (χ3n) is 2.30. The van der Waals surface area contributed by atoms with Gasteiger partial charge in [-0.15, -0.1) is 11.6 Å². The van der Waals surface area contributed by atoms with Crippen LogP contribution in [-0.2, 0) is 22.4 Å². The summed E-state index contributed by atoms with van der Waals surface area (Å²) in [6.45, 7) is 6.03. The Labute approximate surface area is 115 Å². The second-order valence-electron chi connectivity index (χ2n) is 5.59. The molecule has 0 heterocycles. The normalized spacial score (nSPS) is 12.7. The van der Waals surface area contributed by atoms with Crippen LogP contribution in [0.25, 0.3) is 0 Å². The second-order valence-corrected chi connectivity index (χ2v) is 7.67. The van der Waals surface area contributed by atoms with Gasteiger partial charge in [0.2, 0.25) is 10.0 Å². The van der Waals surface area contributed by atoms with E-state index in [0.29, 0.717) is 12.4 Å². The standard InChI is InChI=1S/C13H20ClNO2S/c1-13(2,3)10-18(16,17)15-9-12-6-4-11(8-14)5-7-12/h4-7,15H,8-10H2,1-3H3. The number of sulfonamides is 1. The van der Waals surface area contributed by atoms with Gasteiger partial charge >= 0.3 is 0 Å². The Bertz CT molecular complexity index is 475. The fraction of sp³-hybridized carbons (Fsp3) is 0.538. The minimum absolute atomic E-state index is 0.125. The van der Waals surface area contributed by atoms with Crippen LogP contribution in [0, 0.1) is 5.41 Å². The van der Waals surface area contributed by atoms with E-state index in [-0.39, 0.29) is 11.2 Å². The molecule has 0 saturated carbocycles. The van der Waals surface area contributed by atoms with E-state index in [0.717, 1.165) is 11.1 Å². The first-order valence-corrected chi connectivity index (χ1v) is 8.02. The first-order chi connectivity index (χ1) is 8.22. The van der Waals surface area contributed by atoms with Crippen LogP contribution in [-0.4, -0.2) is 14.2 Å². The van der Waals surface area contributed by atoms with Crippen LogP contribution in [0.5, 0.6) is 0 Å². The Kier molecular flexibility index (Phi) is 5.20. The molecule has 0 aliphatic rings. The maximum Gasteiger partial charge on any atom is 0.212 e. The van der Waals surface area contributed by atoms with Gasteiger partial charge in [0.05, 0.1) is 5.75 Å². The quantitative estimate of drug-likeness (QED) is 0.847. The lowest BCUT2D eigenvalue weighted by molar-refractivity contribution is 0.458. The molecule has 0 atom stereocenters. The van der Waals surface area contributed by atoms with Crippen LogP contribution in [0.1, 0.15) is 31.9 Å². The van der Waals surface area contributed by atoms with E-state index in [1.54, 1.807) is 0 Å². The van der Waals surface area contributed by atoms with Gasteiger partial charge in [-0.05, 0) is 16.5 Å². The molecule has 1 N–H and O–H groups in total. The van der Waals surface area contributed by atoms with Crippen molar-refractivity contribution in [3.05, 3.63) is 35.4 Å². The minimum atomic E-state index is -3.23. The highest BCUT2D eigenvalue weighted by Gasteiger charge is 2.20. The van der Waals surface area contributed by atoms with Crippen molar-refractivity contribution in [1.82, 2.24) is 4.72 Å². The van der Waals surface area contributed by atoms with Crippen molar-refractivity contribution in [2.75, 3.05) is 5.75 Å². The molecule has 0 spiro atoms. The minimum Gasteiger partial charge on any atom is -0.212 e. The lowest BCUT2D eigenvalue weighted by Gasteiger charge is -2.18. The maximum atomic E-state index is 11.8. The van der Waals surface area contributed by atoms with Crippen LogP contribution >= 0.6 is 11.6 Å². The molecule has 1 aromatic carbocycles. The van der Waals surface area contributed by atoms with Gasteiger partial charge < -0.3 is 0 Å². The van der Waals surface area contributed by atoms with Crippen molar-refractivity contribution in [1.29, 1.82) is 0 Å². The average molecular weight is 290 g/mol. The Morgan fingerprint density at radius 2 is 1.61 bits per heavy atom. The average Bonchev–Trinajstić information content (AvgIpc) is 2.24. The van der Waals surface area contributed by atoms with Crippen LogP contribution in [0.3, 0.4) is 0 Å². The zero-order valence-corrected chi connectivity index (χ0v) is 12.6. The van der Waals surface area contributed by atoms with Gasteiger partial charge in [-0.3, -0.25) is 0 Å². The molecule has 1 rings (SSSR count). The number of hydrogen-bond acceptors (Lipinski definition) is 2. The van der Waals surface area contributed by atoms with E-state index in [2.05, 4.69) is 4.72 Å². The van der Waals surface area contributed by atoms with Crippen molar-refractivity contribution >= 4 is 21.6 Å². The molecule has 0 aliphatic heterocycles. The maximum absolute atomic E-state index is 11.8. The number of hydrogen-bond donors (Lipinski definition) is 1. The van der Waals surface area contributed by atoms with Crippen molar-refractivity contribution in [3.8, 4) is 0 Å². The number of halogens is 1. The number of alkyl halides is 1. The lowest BCUT2D eigenvalue weighted by atomic mass is 10.0. The largest absolute Gasteiger partial charge is 0.212 e.